The first kappa shape index (κ1) is 17.4. The number of aromatic nitrogens is 2. The number of hydrogen-bond acceptors (Lipinski definition) is 4. The van der Waals surface area contributed by atoms with E-state index in [2.05, 4.69) is 28.3 Å². The molecule has 0 bridgehead atoms. The van der Waals surface area contributed by atoms with Crippen LogP contribution in [0.4, 0.5) is 5.82 Å². The minimum atomic E-state index is 0.0941. The van der Waals surface area contributed by atoms with Crippen LogP contribution in [-0.4, -0.2) is 40.4 Å². The minimum Gasteiger partial charge on any atom is -0.370 e. The first-order chi connectivity index (χ1) is 12.1. The lowest BCUT2D eigenvalue weighted by Gasteiger charge is -2.30. The van der Waals surface area contributed by atoms with Gasteiger partial charge in [-0.2, -0.15) is 0 Å². The second-order valence-electron chi connectivity index (χ2n) is 6.89. The Balaban J connectivity index is 1.50. The molecule has 0 aliphatic carbocycles. The van der Waals surface area contributed by atoms with E-state index in [0.717, 1.165) is 56.3 Å². The van der Waals surface area contributed by atoms with Crippen LogP contribution in [0, 0.1) is 12.8 Å². The lowest BCUT2D eigenvalue weighted by Crippen LogP contribution is -2.37. The summed E-state index contributed by atoms with van der Waals surface area (Å²) in [5.41, 5.74) is 2.90. The van der Waals surface area contributed by atoms with Crippen molar-refractivity contribution in [3.8, 4) is 0 Å². The van der Waals surface area contributed by atoms with Crippen LogP contribution >= 0.6 is 0 Å². The summed E-state index contributed by atoms with van der Waals surface area (Å²) in [4.78, 5) is 23.1. The van der Waals surface area contributed by atoms with Gasteiger partial charge in [-0.3, -0.25) is 9.78 Å². The van der Waals surface area contributed by atoms with Gasteiger partial charge in [0.1, 0.15) is 5.82 Å². The summed E-state index contributed by atoms with van der Waals surface area (Å²) in [7, 11) is 0. The molecule has 5 heteroatoms. The van der Waals surface area contributed by atoms with Crippen molar-refractivity contribution in [3.63, 3.8) is 0 Å². The Bertz CT molecular complexity index is 689. The quantitative estimate of drug-likeness (QED) is 0.909. The summed E-state index contributed by atoms with van der Waals surface area (Å²) in [5.74, 6) is 1.61. The Kier molecular flexibility index (Phi) is 5.64. The number of carbonyl (C=O) groups is 1. The van der Waals surface area contributed by atoms with Crippen molar-refractivity contribution < 1.29 is 4.79 Å². The normalized spacial score (nSPS) is 15.2. The van der Waals surface area contributed by atoms with Crippen LogP contribution in [0.5, 0.6) is 0 Å². The number of carbonyl (C=O) groups excluding carboxylic acids is 1. The predicted octanol–water partition coefficient (Wildman–Crippen LogP) is 3.31. The highest BCUT2D eigenvalue weighted by Crippen LogP contribution is 2.18. The summed E-state index contributed by atoms with van der Waals surface area (Å²) in [6.45, 7) is 6.72. The second-order valence-corrected chi connectivity index (χ2v) is 6.89. The van der Waals surface area contributed by atoms with Crippen molar-refractivity contribution in [2.24, 2.45) is 5.92 Å². The molecule has 3 rings (SSSR count). The van der Waals surface area contributed by atoms with E-state index in [1.165, 1.54) is 5.56 Å². The van der Waals surface area contributed by atoms with E-state index in [0.29, 0.717) is 5.56 Å². The van der Waals surface area contributed by atoms with Crippen molar-refractivity contribution in [2.75, 3.05) is 25.0 Å². The molecule has 1 fully saturated rings. The molecule has 2 aromatic heterocycles. The highest BCUT2D eigenvalue weighted by atomic mass is 16.2. The molecule has 0 radical (unpaired) electrons. The van der Waals surface area contributed by atoms with E-state index in [-0.39, 0.29) is 5.91 Å². The summed E-state index contributed by atoms with van der Waals surface area (Å²) in [6.07, 6.45) is 6.66. The molecule has 5 nitrogen and oxygen atoms in total. The fourth-order valence-electron chi connectivity index (χ4n) is 3.00. The maximum Gasteiger partial charge on any atom is 0.255 e. The van der Waals surface area contributed by atoms with E-state index in [9.17, 15) is 4.79 Å². The molecule has 0 spiro atoms. The number of likely N-dealkylation sites (tertiary alicyclic amines) is 1. The van der Waals surface area contributed by atoms with Crippen LogP contribution in [-0.2, 0) is 6.42 Å². The van der Waals surface area contributed by atoms with Crippen molar-refractivity contribution in [2.45, 2.75) is 33.1 Å². The van der Waals surface area contributed by atoms with Gasteiger partial charge in [0, 0.05) is 37.7 Å². The molecular weight excluding hydrogens is 312 g/mol. The van der Waals surface area contributed by atoms with Crippen LogP contribution in [0.1, 0.15) is 41.4 Å². The van der Waals surface area contributed by atoms with Crippen LogP contribution in [0.3, 0.4) is 0 Å². The molecule has 3 heterocycles. The zero-order valence-electron chi connectivity index (χ0n) is 15.0. The van der Waals surface area contributed by atoms with Crippen LogP contribution in [0.25, 0.3) is 0 Å². The largest absolute Gasteiger partial charge is 0.370 e. The maximum absolute atomic E-state index is 12.5. The third-order valence-corrected chi connectivity index (χ3v) is 4.77. The summed E-state index contributed by atoms with van der Waals surface area (Å²) < 4.78 is 0. The van der Waals surface area contributed by atoms with Gasteiger partial charge in [0.05, 0.1) is 5.56 Å². The zero-order chi connectivity index (χ0) is 17.6. The zero-order valence-corrected chi connectivity index (χ0v) is 15.0. The molecule has 0 saturated carbocycles. The monoisotopic (exact) mass is 338 g/mol. The van der Waals surface area contributed by atoms with Crippen molar-refractivity contribution in [1.82, 2.24) is 14.9 Å². The van der Waals surface area contributed by atoms with Gasteiger partial charge in [0.2, 0.25) is 0 Å². The van der Waals surface area contributed by atoms with Gasteiger partial charge in [-0.15, -0.1) is 0 Å². The summed E-state index contributed by atoms with van der Waals surface area (Å²) in [6, 6.07) is 7.87. The van der Waals surface area contributed by atoms with Gasteiger partial charge in [-0.25, -0.2) is 4.98 Å². The van der Waals surface area contributed by atoms with Crippen molar-refractivity contribution in [1.29, 1.82) is 0 Å². The number of nitrogens with zero attached hydrogens (tertiary/aromatic N) is 3. The molecule has 2 aromatic rings. The van der Waals surface area contributed by atoms with E-state index in [1.54, 1.807) is 6.20 Å². The van der Waals surface area contributed by atoms with Crippen LogP contribution in [0.2, 0.25) is 0 Å². The number of anilines is 1. The van der Waals surface area contributed by atoms with E-state index in [4.69, 9.17) is 0 Å². The fourth-order valence-corrected chi connectivity index (χ4v) is 3.00. The van der Waals surface area contributed by atoms with E-state index >= 15 is 0 Å². The lowest BCUT2D eigenvalue weighted by molar-refractivity contribution is 0.0697. The van der Waals surface area contributed by atoms with Gasteiger partial charge in [0.15, 0.2) is 0 Å². The topological polar surface area (TPSA) is 58.1 Å². The second kappa shape index (κ2) is 8.10. The third-order valence-electron chi connectivity index (χ3n) is 4.77. The molecule has 1 N–H and O–H groups in total. The number of aryl methyl sites for hydroxylation is 1. The molecule has 1 saturated heterocycles. The SMILES string of the molecule is Cc1ccc(CCNc2ccc(C(=O)N3CCC(C)CC3)cn2)cn1. The number of hydrogen-bond donors (Lipinski definition) is 1. The van der Waals surface area contributed by atoms with Gasteiger partial charge in [-0.05, 0) is 55.9 Å². The molecule has 0 atom stereocenters. The standard InChI is InChI=1S/C20H26N4O/c1-15-8-11-24(12-9-15)20(25)18-5-6-19(23-14-18)21-10-7-17-4-3-16(2)22-13-17/h3-6,13-15H,7-12H2,1-2H3,(H,21,23). The molecule has 25 heavy (non-hydrogen) atoms. The van der Waals surface area contributed by atoms with Gasteiger partial charge < -0.3 is 10.2 Å². The molecule has 1 amide bonds. The molecule has 1 aliphatic heterocycles. The highest BCUT2D eigenvalue weighted by Gasteiger charge is 2.21. The Morgan fingerprint density at radius 1 is 1.16 bits per heavy atom. The Morgan fingerprint density at radius 3 is 2.60 bits per heavy atom. The number of amides is 1. The van der Waals surface area contributed by atoms with Gasteiger partial charge >= 0.3 is 0 Å². The predicted molar refractivity (Wildman–Crippen MR) is 99.7 cm³/mol. The van der Waals surface area contributed by atoms with E-state index < -0.39 is 0 Å². The van der Waals surface area contributed by atoms with Crippen LogP contribution < -0.4 is 5.32 Å². The Hall–Kier alpha value is -2.43. The number of rotatable bonds is 5. The molecule has 132 valence electrons. The minimum absolute atomic E-state index is 0.0941. The number of pyridine rings is 2. The number of piperidine rings is 1. The Labute approximate surface area is 149 Å². The van der Waals surface area contributed by atoms with Crippen LogP contribution in [0.15, 0.2) is 36.7 Å². The van der Waals surface area contributed by atoms with Gasteiger partial charge in [-0.1, -0.05) is 13.0 Å². The molecule has 0 aromatic carbocycles. The lowest BCUT2D eigenvalue weighted by atomic mass is 9.99. The summed E-state index contributed by atoms with van der Waals surface area (Å²) in [5, 5.41) is 3.30. The molecule has 1 aliphatic rings. The van der Waals surface area contributed by atoms with Gasteiger partial charge in [0.25, 0.3) is 5.91 Å². The summed E-state index contributed by atoms with van der Waals surface area (Å²) >= 11 is 0. The maximum atomic E-state index is 12.5. The molecular formula is C20H26N4O. The third kappa shape index (κ3) is 4.78. The Morgan fingerprint density at radius 2 is 1.96 bits per heavy atom. The smallest absolute Gasteiger partial charge is 0.255 e. The average molecular weight is 338 g/mol. The average Bonchev–Trinajstić information content (AvgIpc) is 2.64. The van der Waals surface area contributed by atoms with Crippen molar-refractivity contribution >= 4 is 11.7 Å². The first-order valence-corrected chi connectivity index (χ1v) is 9.02. The highest BCUT2D eigenvalue weighted by molar-refractivity contribution is 5.94. The molecule has 0 unspecified atom stereocenters. The first-order valence-electron chi connectivity index (χ1n) is 9.02. The van der Waals surface area contributed by atoms with Crippen molar-refractivity contribution in [3.05, 3.63) is 53.5 Å². The van der Waals surface area contributed by atoms with E-state index in [1.807, 2.05) is 36.2 Å². The fraction of sp³-hybridized carbons (Fsp3) is 0.450. The number of nitrogens with one attached hydrogen (secondary N) is 1.